The molecule has 6 nitrogen and oxygen atoms in total. The van der Waals surface area contributed by atoms with Gasteiger partial charge in [-0.05, 0) is 5.21 Å². The van der Waals surface area contributed by atoms with E-state index >= 15 is 0 Å². The van der Waals surface area contributed by atoms with Crippen molar-refractivity contribution in [2.45, 2.75) is 0 Å². The second kappa shape index (κ2) is 1.90. The summed E-state index contributed by atoms with van der Waals surface area (Å²) < 4.78 is 0. The van der Waals surface area contributed by atoms with Crippen LogP contribution in [0.2, 0.25) is 0 Å². The van der Waals surface area contributed by atoms with Gasteiger partial charge in [-0.1, -0.05) is 0 Å². The zero-order chi connectivity index (χ0) is 6.81. The number of nitrogens with zero attached hydrogens (tertiary/aromatic N) is 6. The molecule has 2 aromatic heterocycles. The largest absolute Gasteiger partial charge is 0.223 e. The molecule has 0 bridgehead atoms. The maximum atomic E-state index is 3.67. The van der Waals surface area contributed by atoms with Crippen molar-refractivity contribution in [1.29, 1.82) is 0 Å². The van der Waals surface area contributed by atoms with Crippen LogP contribution in [-0.4, -0.2) is 30.6 Å². The van der Waals surface area contributed by atoms with E-state index in [1.807, 2.05) is 0 Å². The van der Waals surface area contributed by atoms with Crippen molar-refractivity contribution in [2.24, 2.45) is 0 Å². The Bertz CT molecular complexity index is 281. The zero-order valence-electron chi connectivity index (χ0n) is 4.76. The molecule has 2 rings (SSSR count). The van der Waals surface area contributed by atoms with Gasteiger partial charge in [-0.3, -0.25) is 0 Å². The van der Waals surface area contributed by atoms with Gasteiger partial charge in [0.25, 0.3) is 0 Å². The quantitative estimate of drug-likeness (QED) is 0.459. The summed E-state index contributed by atoms with van der Waals surface area (Å²) in [4.78, 5) is 3.67. The highest BCUT2D eigenvalue weighted by Crippen LogP contribution is 1.94. The zero-order valence-corrected chi connectivity index (χ0v) is 4.76. The molecular weight excluding hydrogens is 132 g/mol. The van der Waals surface area contributed by atoms with Gasteiger partial charge in [0, 0.05) is 0 Å². The molecule has 0 aliphatic heterocycles. The highest BCUT2D eigenvalue weighted by atomic mass is 15.3. The molecule has 0 N–H and O–H groups in total. The van der Waals surface area contributed by atoms with Gasteiger partial charge in [0.2, 0.25) is 12.0 Å². The van der Waals surface area contributed by atoms with E-state index in [0.29, 0.717) is 11.2 Å². The number of hydrogen-bond donors (Lipinski definition) is 0. The van der Waals surface area contributed by atoms with Crippen LogP contribution in [0, 0.1) is 6.33 Å². The first-order chi connectivity index (χ1) is 4.97. The van der Waals surface area contributed by atoms with E-state index in [1.165, 1.54) is 6.20 Å². The molecule has 0 spiro atoms. The predicted octanol–water partition coefficient (Wildman–Crippen LogP) is -0.990. The molecule has 0 aliphatic carbocycles. The molecular formula is C4HN6. The van der Waals surface area contributed by atoms with Crippen molar-refractivity contribution >= 4 is 11.2 Å². The summed E-state index contributed by atoms with van der Waals surface area (Å²) in [6.45, 7) is 0. The summed E-state index contributed by atoms with van der Waals surface area (Å²) in [7, 11) is 0. The Morgan fingerprint density at radius 2 is 2.30 bits per heavy atom. The molecule has 2 aromatic rings. The van der Waals surface area contributed by atoms with Crippen molar-refractivity contribution in [2.75, 3.05) is 0 Å². The lowest BCUT2D eigenvalue weighted by Crippen LogP contribution is -1.93. The minimum Gasteiger partial charge on any atom is -0.200 e. The van der Waals surface area contributed by atoms with E-state index in [0.717, 1.165) is 0 Å². The van der Waals surface area contributed by atoms with Crippen molar-refractivity contribution in [3.05, 3.63) is 12.5 Å². The summed E-state index contributed by atoms with van der Waals surface area (Å²) >= 11 is 0. The summed E-state index contributed by atoms with van der Waals surface area (Å²) in [5.74, 6) is 0. The third-order valence-electron chi connectivity index (χ3n) is 0.959. The van der Waals surface area contributed by atoms with Crippen LogP contribution in [0.1, 0.15) is 0 Å². The smallest absolute Gasteiger partial charge is 0.200 e. The molecule has 0 atom stereocenters. The Balaban J connectivity index is 2.89. The van der Waals surface area contributed by atoms with Gasteiger partial charge in [0.15, 0.2) is 5.52 Å². The first-order valence-electron chi connectivity index (χ1n) is 2.51. The average molecular weight is 133 g/mol. The van der Waals surface area contributed by atoms with Gasteiger partial charge < -0.3 is 0 Å². The van der Waals surface area contributed by atoms with Crippen molar-refractivity contribution < 1.29 is 0 Å². The van der Waals surface area contributed by atoms with Crippen LogP contribution in [0.25, 0.3) is 11.2 Å². The summed E-state index contributed by atoms with van der Waals surface area (Å²) in [6.07, 6.45) is 3.73. The van der Waals surface area contributed by atoms with Gasteiger partial charge in [0.05, 0.1) is 6.20 Å². The van der Waals surface area contributed by atoms with E-state index in [9.17, 15) is 0 Å². The third-order valence-corrected chi connectivity index (χ3v) is 0.959. The molecule has 10 heavy (non-hydrogen) atoms. The lowest BCUT2D eigenvalue weighted by Gasteiger charge is -1.85. The summed E-state index contributed by atoms with van der Waals surface area (Å²) in [5.41, 5.74) is 0.929. The van der Waals surface area contributed by atoms with Crippen LogP contribution in [0.15, 0.2) is 6.20 Å². The lowest BCUT2D eigenvalue weighted by atomic mass is 10.6. The van der Waals surface area contributed by atoms with E-state index in [1.54, 1.807) is 0 Å². The van der Waals surface area contributed by atoms with Gasteiger partial charge in [0.1, 0.15) is 0 Å². The van der Waals surface area contributed by atoms with E-state index < -0.39 is 0 Å². The molecule has 6 heteroatoms. The molecule has 0 aliphatic rings. The Morgan fingerprint density at radius 1 is 1.30 bits per heavy atom. The standard InChI is InChI=1S/C4HN6/c1-3-4(9-10-6-1)5-2-7-8-3/h1H. The number of hydrogen-bond acceptors (Lipinski definition) is 6. The van der Waals surface area contributed by atoms with Gasteiger partial charge in [-0.2, -0.15) is 4.98 Å². The van der Waals surface area contributed by atoms with Crippen molar-refractivity contribution in [1.82, 2.24) is 30.6 Å². The monoisotopic (exact) mass is 133 g/mol. The van der Waals surface area contributed by atoms with Crippen molar-refractivity contribution in [3.8, 4) is 0 Å². The maximum Gasteiger partial charge on any atom is 0.223 e. The van der Waals surface area contributed by atoms with E-state index in [4.69, 9.17) is 0 Å². The Kier molecular flexibility index (Phi) is 0.970. The summed E-state index contributed by atoms with van der Waals surface area (Å²) in [5, 5.41) is 17.5. The Morgan fingerprint density at radius 3 is 3.20 bits per heavy atom. The summed E-state index contributed by atoms with van der Waals surface area (Å²) in [6, 6.07) is 0. The molecule has 2 heterocycles. The van der Waals surface area contributed by atoms with Crippen LogP contribution < -0.4 is 0 Å². The number of aromatic nitrogens is 6. The van der Waals surface area contributed by atoms with Gasteiger partial charge in [-0.25, -0.2) is 0 Å². The van der Waals surface area contributed by atoms with Crippen LogP contribution in [0.4, 0.5) is 0 Å². The molecule has 0 aromatic carbocycles. The second-order valence-corrected chi connectivity index (χ2v) is 1.55. The van der Waals surface area contributed by atoms with Gasteiger partial charge >= 0.3 is 0 Å². The number of rotatable bonds is 0. The van der Waals surface area contributed by atoms with E-state index in [-0.39, 0.29) is 0 Å². The molecule has 47 valence electrons. The number of fused-ring (bicyclic) bond motifs is 1. The Labute approximate surface area is 55.3 Å². The molecule has 0 saturated heterocycles. The average Bonchev–Trinajstić information content (AvgIpc) is 2.05. The van der Waals surface area contributed by atoms with E-state index in [2.05, 4.69) is 36.9 Å². The normalized spacial score (nSPS) is 10.0. The first kappa shape index (κ1) is 5.10. The fraction of sp³-hybridized carbons (Fsp3) is 0. The first-order valence-corrected chi connectivity index (χ1v) is 2.51. The molecule has 0 unspecified atom stereocenters. The Hall–Kier alpha value is -1.72. The highest BCUT2D eigenvalue weighted by Gasteiger charge is 1.94. The van der Waals surface area contributed by atoms with Crippen LogP contribution in [0.5, 0.6) is 0 Å². The van der Waals surface area contributed by atoms with Crippen molar-refractivity contribution in [3.63, 3.8) is 0 Å². The second-order valence-electron chi connectivity index (χ2n) is 1.55. The third kappa shape index (κ3) is 0.661. The van der Waals surface area contributed by atoms with Crippen LogP contribution in [-0.2, 0) is 0 Å². The predicted molar refractivity (Wildman–Crippen MR) is 29.6 cm³/mol. The van der Waals surface area contributed by atoms with Gasteiger partial charge in [-0.15, -0.1) is 20.4 Å². The molecule has 0 saturated carbocycles. The molecule has 0 fully saturated rings. The molecule has 0 amide bonds. The minimum absolute atomic E-state index is 0.407. The van der Waals surface area contributed by atoms with Crippen LogP contribution in [0.3, 0.4) is 0 Å². The fourth-order valence-electron chi connectivity index (χ4n) is 0.554. The minimum atomic E-state index is 0.407. The highest BCUT2D eigenvalue weighted by molar-refractivity contribution is 5.65. The lowest BCUT2D eigenvalue weighted by molar-refractivity contribution is 0.863. The maximum absolute atomic E-state index is 3.67. The molecule has 1 radical (unpaired) electrons. The fourth-order valence-corrected chi connectivity index (χ4v) is 0.554. The topological polar surface area (TPSA) is 77.3 Å². The SMILES string of the molecule is [c]1nnc2cnnnc2n1. The van der Waals surface area contributed by atoms with Crippen LogP contribution >= 0.6 is 0 Å².